The van der Waals surface area contributed by atoms with Gasteiger partial charge in [-0.3, -0.25) is 4.99 Å². The second-order valence-electron chi connectivity index (χ2n) is 4.43. The van der Waals surface area contributed by atoms with E-state index in [2.05, 4.69) is 18.0 Å². The Kier molecular flexibility index (Phi) is 6.11. The van der Waals surface area contributed by atoms with Crippen LogP contribution in [0.4, 0.5) is 5.69 Å². The Balaban J connectivity index is 0.00000144. The minimum atomic E-state index is 0. The summed E-state index contributed by atoms with van der Waals surface area (Å²) in [5.41, 5.74) is 4.01. The number of para-hydroxylation sites is 1. The molecule has 2 nitrogen and oxygen atoms in total. The summed E-state index contributed by atoms with van der Waals surface area (Å²) in [7, 11) is 0. The van der Waals surface area contributed by atoms with Gasteiger partial charge in [-0.05, 0) is 36.8 Å². The second-order valence-corrected chi connectivity index (χ2v) is 4.43. The summed E-state index contributed by atoms with van der Waals surface area (Å²) < 4.78 is 0. The predicted octanol–water partition coefficient (Wildman–Crippen LogP) is 3.76. The molecule has 17 heavy (non-hydrogen) atoms. The molecule has 3 heteroatoms. The van der Waals surface area contributed by atoms with Gasteiger partial charge in [0.1, 0.15) is 0 Å². The summed E-state index contributed by atoms with van der Waals surface area (Å²) in [6.45, 7) is 4.18. The molecule has 1 aliphatic rings. The van der Waals surface area contributed by atoms with Crippen LogP contribution in [-0.2, 0) is 6.42 Å². The fourth-order valence-electron chi connectivity index (χ4n) is 2.10. The summed E-state index contributed by atoms with van der Waals surface area (Å²) in [4.78, 5) is 4.67. The third-order valence-corrected chi connectivity index (χ3v) is 3.15. The van der Waals surface area contributed by atoms with Crippen LogP contribution in [-0.4, -0.2) is 11.4 Å². The van der Waals surface area contributed by atoms with Crippen LogP contribution >= 0.6 is 0 Å². The molecule has 1 atom stereocenters. The second kappa shape index (κ2) is 6.86. The Labute approximate surface area is 142 Å². The molecular weight excluding hydrogens is 369 g/mol. The van der Waals surface area contributed by atoms with Crippen LogP contribution in [0, 0.1) is 52.8 Å². The molecule has 0 N–H and O–H groups in total. The number of rotatable bonds is 2. The van der Waals surface area contributed by atoms with Crippen LogP contribution < -0.4 is 0 Å². The summed E-state index contributed by atoms with van der Waals surface area (Å²) in [6.07, 6.45) is 2.54. The Morgan fingerprint density at radius 2 is 2.06 bits per heavy atom. The summed E-state index contributed by atoms with van der Waals surface area (Å²) >= 11 is 0. The molecule has 0 spiro atoms. The van der Waals surface area contributed by atoms with Crippen molar-refractivity contribution in [2.45, 2.75) is 33.1 Å². The van der Waals surface area contributed by atoms with E-state index in [0.717, 1.165) is 24.2 Å². The van der Waals surface area contributed by atoms with Crippen molar-refractivity contribution in [2.75, 3.05) is 0 Å². The summed E-state index contributed by atoms with van der Waals surface area (Å²) in [5, 5.41) is 9.61. The Morgan fingerprint density at radius 1 is 1.35 bits per heavy atom. The van der Waals surface area contributed by atoms with Crippen LogP contribution in [0.1, 0.15) is 32.3 Å². The van der Waals surface area contributed by atoms with Crippen LogP contribution in [0.2, 0.25) is 0 Å². The van der Waals surface area contributed by atoms with Gasteiger partial charge in [0.2, 0.25) is 0 Å². The molecule has 2 rings (SSSR count). The average molecular weight is 386 g/mol. The first-order valence-electron chi connectivity index (χ1n) is 5.89. The molecular formula is C14H17N2Yb-. The monoisotopic (exact) mass is 387 g/mol. The molecule has 1 unspecified atom stereocenters. The van der Waals surface area contributed by atoms with E-state index in [-0.39, 0.29) is 52.8 Å². The van der Waals surface area contributed by atoms with Crippen LogP contribution in [0.5, 0.6) is 0 Å². The molecule has 1 aromatic carbocycles. The van der Waals surface area contributed by atoms with Gasteiger partial charge in [0.05, 0.1) is 5.69 Å². The van der Waals surface area contributed by atoms with Crippen molar-refractivity contribution in [3.8, 4) is 0 Å². The van der Waals surface area contributed by atoms with E-state index < -0.39 is 0 Å². The molecule has 1 saturated carbocycles. The smallest absolute Gasteiger partial charge is 0.0660 e. The van der Waals surface area contributed by atoms with Crippen molar-refractivity contribution in [2.24, 2.45) is 10.9 Å². The van der Waals surface area contributed by atoms with Crippen molar-refractivity contribution in [1.82, 2.24) is 0 Å². The number of benzene rings is 1. The molecule has 98 valence electrons. The van der Waals surface area contributed by atoms with E-state index in [9.17, 15) is 5.41 Å². The van der Waals surface area contributed by atoms with E-state index in [1.54, 1.807) is 0 Å². The standard InChI is InChI=1S/C14H17N2.Yb/c1-3-11-6-4-5-7-14(11)16-12-8-10(2)13(15)9-12;/h4-7,10H,3,8-9H2,1-2H3;/q-1;. The Morgan fingerprint density at radius 3 is 2.65 bits per heavy atom. The quantitative estimate of drug-likeness (QED) is 0.742. The SMILES string of the molecule is CCc1ccccc1N=C1CC(=[N-])C(C)C1.[Yb]. The first kappa shape index (κ1) is 15.1. The van der Waals surface area contributed by atoms with E-state index in [1.807, 2.05) is 25.1 Å². The van der Waals surface area contributed by atoms with Gasteiger partial charge in [0.15, 0.2) is 0 Å². The number of aryl methyl sites for hydroxylation is 1. The fourth-order valence-corrected chi connectivity index (χ4v) is 2.10. The molecule has 1 aliphatic carbocycles. The first-order valence-corrected chi connectivity index (χ1v) is 5.89. The van der Waals surface area contributed by atoms with Crippen LogP contribution in [0.3, 0.4) is 0 Å². The van der Waals surface area contributed by atoms with Gasteiger partial charge in [-0.1, -0.05) is 32.0 Å². The maximum Gasteiger partial charge on any atom is 0.0660 e. The van der Waals surface area contributed by atoms with Gasteiger partial charge in [-0.15, -0.1) is 0 Å². The molecule has 1 fully saturated rings. The number of nitrogens with zero attached hydrogens (tertiary/aromatic N) is 2. The predicted molar refractivity (Wildman–Crippen MR) is 69.7 cm³/mol. The molecule has 0 amide bonds. The first-order chi connectivity index (χ1) is 7.70. The largest absolute Gasteiger partial charge is 0.811 e. The zero-order valence-electron chi connectivity index (χ0n) is 10.2. The molecule has 0 saturated heterocycles. The zero-order valence-corrected chi connectivity index (χ0v) is 11.9. The average Bonchev–Trinajstić information content (AvgIpc) is 2.59. The van der Waals surface area contributed by atoms with Crippen LogP contribution in [0.15, 0.2) is 29.3 Å². The Bertz CT molecular complexity index is 438. The van der Waals surface area contributed by atoms with Gasteiger partial charge in [0.25, 0.3) is 0 Å². The normalized spacial score (nSPS) is 21.6. The maximum atomic E-state index is 9.61. The minimum Gasteiger partial charge on any atom is -0.811 e. The number of aliphatic imine (C=N–C) groups is 1. The molecule has 0 radical (unpaired) electrons. The van der Waals surface area contributed by atoms with Crippen LogP contribution in [0.25, 0.3) is 5.41 Å². The number of hydrogen-bond acceptors (Lipinski definition) is 1. The molecule has 1 aromatic rings. The number of hydrogen-bond donors (Lipinski definition) is 0. The van der Waals surface area contributed by atoms with Gasteiger partial charge in [-0.2, -0.15) is 5.71 Å². The van der Waals surface area contributed by atoms with Crippen molar-refractivity contribution in [3.05, 3.63) is 35.2 Å². The Hall–Kier alpha value is 0.0795. The summed E-state index contributed by atoms with van der Waals surface area (Å²) in [5.74, 6) is 0.271. The topological polar surface area (TPSA) is 34.7 Å². The molecule has 0 heterocycles. The van der Waals surface area contributed by atoms with Gasteiger partial charge in [-0.25, -0.2) is 0 Å². The van der Waals surface area contributed by atoms with Crippen molar-refractivity contribution in [3.63, 3.8) is 0 Å². The van der Waals surface area contributed by atoms with Crippen molar-refractivity contribution >= 4 is 17.1 Å². The molecule has 0 aliphatic heterocycles. The summed E-state index contributed by atoms with van der Waals surface area (Å²) in [6, 6.07) is 8.22. The van der Waals surface area contributed by atoms with Gasteiger partial charge < -0.3 is 5.41 Å². The molecule has 0 aromatic heterocycles. The van der Waals surface area contributed by atoms with E-state index in [0.29, 0.717) is 12.1 Å². The third-order valence-electron chi connectivity index (χ3n) is 3.15. The van der Waals surface area contributed by atoms with Crippen molar-refractivity contribution < 1.29 is 46.9 Å². The zero-order chi connectivity index (χ0) is 11.5. The van der Waals surface area contributed by atoms with E-state index in [4.69, 9.17) is 0 Å². The van der Waals surface area contributed by atoms with Gasteiger partial charge in [0, 0.05) is 52.6 Å². The van der Waals surface area contributed by atoms with Crippen molar-refractivity contribution in [1.29, 1.82) is 0 Å². The van der Waals surface area contributed by atoms with E-state index >= 15 is 0 Å². The third kappa shape index (κ3) is 3.77. The maximum absolute atomic E-state index is 9.61. The van der Waals surface area contributed by atoms with Gasteiger partial charge >= 0.3 is 0 Å². The van der Waals surface area contributed by atoms with E-state index in [1.165, 1.54) is 5.56 Å². The molecule has 0 bridgehead atoms. The minimum absolute atomic E-state index is 0. The fraction of sp³-hybridized carbons (Fsp3) is 0.429.